The van der Waals surface area contributed by atoms with Crippen molar-refractivity contribution in [3.8, 4) is 0 Å². The Hall–Kier alpha value is -1.42. The molecule has 1 aromatic carbocycles. The monoisotopic (exact) mass is 534 g/mol. The van der Waals surface area contributed by atoms with E-state index in [4.69, 9.17) is 4.74 Å². The van der Waals surface area contributed by atoms with Crippen LogP contribution in [-0.2, 0) is 4.74 Å². The molecule has 0 spiro atoms. The topological polar surface area (TPSA) is 74.8 Å². The molecule has 3 N–H and O–H groups in total. The number of guanidine groups is 1. The Morgan fingerprint density at radius 2 is 1.93 bits per heavy atom. The molecule has 2 rings (SSSR count). The van der Waals surface area contributed by atoms with Crippen molar-refractivity contribution in [2.45, 2.75) is 46.6 Å². The molecule has 6 nitrogen and oxygen atoms in total. The molecule has 1 amide bonds. The fourth-order valence-corrected chi connectivity index (χ4v) is 3.65. The van der Waals surface area contributed by atoms with E-state index in [0.29, 0.717) is 36.1 Å². The molecule has 1 aliphatic rings. The van der Waals surface area contributed by atoms with Gasteiger partial charge in [-0.15, -0.1) is 24.0 Å². The van der Waals surface area contributed by atoms with E-state index in [0.717, 1.165) is 26.0 Å². The van der Waals surface area contributed by atoms with E-state index in [1.807, 2.05) is 0 Å². The van der Waals surface area contributed by atoms with Gasteiger partial charge in [-0.2, -0.15) is 0 Å². The molecule has 8 heteroatoms. The van der Waals surface area contributed by atoms with Gasteiger partial charge in [0.25, 0.3) is 5.91 Å². The summed E-state index contributed by atoms with van der Waals surface area (Å²) in [4.78, 5) is 16.4. The number of benzene rings is 1. The molecule has 170 valence electrons. The highest BCUT2D eigenvalue weighted by Crippen LogP contribution is 2.33. The molecule has 30 heavy (non-hydrogen) atoms. The highest BCUT2D eigenvalue weighted by atomic mass is 127. The van der Waals surface area contributed by atoms with Crippen LogP contribution in [0.1, 0.15) is 49.5 Å². The van der Waals surface area contributed by atoms with Crippen LogP contribution in [0.4, 0.5) is 4.39 Å². The fraction of sp³-hybridized carbons (Fsp3) is 0.636. The summed E-state index contributed by atoms with van der Waals surface area (Å²) in [5.74, 6) is 0.457. The lowest BCUT2D eigenvalue weighted by Gasteiger charge is -2.40. The summed E-state index contributed by atoms with van der Waals surface area (Å²) in [7, 11) is 1.72. The largest absolute Gasteiger partial charge is 0.377 e. The molecule has 0 aliphatic carbocycles. The number of halogens is 2. The maximum atomic E-state index is 13.6. The summed E-state index contributed by atoms with van der Waals surface area (Å²) in [6, 6.07) is 4.49. The molecule has 0 bridgehead atoms. The number of hydrogen-bond acceptors (Lipinski definition) is 3. The van der Waals surface area contributed by atoms with Crippen molar-refractivity contribution < 1.29 is 13.9 Å². The molecule has 1 fully saturated rings. The van der Waals surface area contributed by atoms with Crippen LogP contribution in [0.2, 0.25) is 0 Å². The van der Waals surface area contributed by atoms with E-state index < -0.39 is 0 Å². The minimum Gasteiger partial charge on any atom is -0.377 e. The van der Waals surface area contributed by atoms with Gasteiger partial charge in [0, 0.05) is 44.8 Å². The number of hydrogen-bond donors (Lipinski definition) is 3. The summed E-state index contributed by atoms with van der Waals surface area (Å²) in [6.07, 6.45) is 2.43. The van der Waals surface area contributed by atoms with E-state index in [9.17, 15) is 9.18 Å². The average molecular weight is 534 g/mol. The highest BCUT2D eigenvalue weighted by molar-refractivity contribution is 14.0. The van der Waals surface area contributed by atoms with Crippen molar-refractivity contribution in [2.24, 2.45) is 16.3 Å². The van der Waals surface area contributed by atoms with Gasteiger partial charge in [-0.3, -0.25) is 9.79 Å². The maximum Gasteiger partial charge on any atom is 0.251 e. The van der Waals surface area contributed by atoms with Crippen molar-refractivity contribution in [3.63, 3.8) is 0 Å². The maximum absolute atomic E-state index is 13.6. The zero-order valence-corrected chi connectivity index (χ0v) is 21.0. The quantitative estimate of drug-likeness (QED) is 0.226. The lowest BCUT2D eigenvalue weighted by Crippen LogP contribution is -2.48. The Kier molecular flexibility index (Phi) is 11.0. The first-order valence-electron chi connectivity index (χ1n) is 10.3. The molecule has 1 aliphatic heterocycles. The van der Waals surface area contributed by atoms with Gasteiger partial charge in [0.05, 0.1) is 6.10 Å². The second kappa shape index (κ2) is 12.4. The molecule has 0 saturated carbocycles. The van der Waals surface area contributed by atoms with Crippen molar-refractivity contribution in [1.82, 2.24) is 16.0 Å². The first kappa shape index (κ1) is 26.6. The number of ether oxygens (including phenoxy) is 1. The lowest BCUT2D eigenvalue weighted by atomic mass is 9.78. The van der Waals surface area contributed by atoms with E-state index >= 15 is 0 Å². The van der Waals surface area contributed by atoms with Crippen LogP contribution in [0.15, 0.2) is 23.2 Å². The molecular formula is C22H36FIN4O2. The molecule has 1 saturated heterocycles. The second-order valence-electron chi connectivity index (χ2n) is 8.66. The van der Waals surface area contributed by atoms with Gasteiger partial charge in [-0.05, 0) is 42.9 Å². The predicted octanol–water partition coefficient (Wildman–Crippen LogP) is 3.49. The van der Waals surface area contributed by atoms with Gasteiger partial charge in [0.1, 0.15) is 5.82 Å². The number of carbonyl (C=O) groups excluding carboxylic acids is 1. The number of nitrogens with one attached hydrogen (secondary N) is 3. The van der Waals surface area contributed by atoms with Crippen molar-refractivity contribution in [2.75, 3.05) is 33.3 Å². The highest BCUT2D eigenvalue weighted by Gasteiger charge is 2.35. The number of aryl methyl sites for hydroxylation is 1. The molecular weight excluding hydrogens is 498 g/mol. The molecule has 2 atom stereocenters. The van der Waals surface area contributed by atoms with Crippen molar-refractivity contribution in [1.29, 1.82) is 0 Å². The Labute approximate surface area is 196 Å². The molecule has 1 aromatic rings. The average Bonchev–Trinajstić information content (AvgIpc) is 2.68. The van der Waals surface area contributed by atoms with Crippen LogP contribution in [0.25, 0.3) is 0 Å². The Morgan fingerprint density at radius 3 is 2.57 bits per heavy atom. The van der Waals surface area contributed by atoms with E-state index in [2.05, 4.69) is 41.7 Å². The summed E-state index contributed by atoms with van der Waals surface area (Å²) in [6.45, 7) is 10.9. The van der Waals surface area contributed by atoms with Crippen molar-refractivity contribution in [3.05, 3.63) is 35.1 Å². The van der Waals surface area contributed by atoms with E-state index in [-0.39, 0.29) is 47.2 Å². The van der Waals surface area contributed by atoms with Gasteiger partial charge in [0.2, 0.25) is 0 Å². The summed E-state index contributed by atoms with van der Waals surface area (Å²) in [5.41, 5.74) is 0.944. The first-order valence-corrected chi connectivity index (χ1v) is 10.3. The number of amides is 1. The zero-order chi connectivity index (χ0) is 21.4. The van der Waals surface area contributed by atoms with Crippen LogP contribution in [0, 0.1) is 24.1 Å². The Morgan fingerprint density at radius 1 is 1.23 bits per heavy atom. The third-order valence-electron chi connectivity index (χ3n) is 5.19. The normalized spacial score (nSPS) is 19.6. The summed E-state index contributed by atoms with van der Waals surface area (Å²) < 4.78 is 19.6. The molecule has 1 heterocycles. The van der Waals surface area contributed by atoms with Gasteiger partial charge in [-0.25, -0.2) is 4.39 Å². The number of rotatable bonds is 6. The first-order chi connectivity index (χ1) is 13.7. The van der Waals surface area contributed by atoms with Crippen LogP contribution in [-0.4, -0.2) is 51.3 Å². The predicted molar refractivity (Wildman–Crippen MR) is 130 cm³/mol. The zero-order valence-electron chi connectivity index (χ0n) is 18.7. The van der Waals surface area contributed by atoms with E-state index in [1.165, 1.54) is 6.07 Å². The SMILES string of the molecule is CN=C(NCCNC(=O)c1ccc(C)c(F)c1)NCC1CCCOC1C(C)(C)C.I. The third kappa shape index (κ3) is 8.02. The third-order valence-corrected chi connectivity index (χ3v) is 5.19. The van der Waals surface area contributed by atoms with Crippen LogP contribution < -0.4 is 16.0 Å². The summed E-state index contributed by atoms with van der Waals surface area (Å²) >= 11 is 0. The number of carbonyl (C=O) groups is 1. The smallest absolute Gasteiger partial charge is 0.251 e. The van der Waals surface area contributed by atoms with Gasteiger partial charge < -0.3 is 20.7 Å². The standard InChI is InChI=1S/C22H35FN4O2.HI/c1-15-8-9-16(13-18(15)23)20(28)25-10-11-26-21(24-5)27-14-17-7-6-12-29-19(17)22(2,3)4;/h8-9,13,17,19H,6-7,10-12,14H2,1-5H3,(H,25,28)(H2,24,26,27);1H. The molecule has 0 aromatic heterocycles. The second-order valence-corrected chi connectivity index (χ2v) is 8.66. The van der Waals surface area contributed by atoms with Crippen LogP contribution >= 0.6 is 24.0 Å². The fourth-order valence-electron chi connectivity index (χ4n) is 3.65. The minimum absolute atomic E-state index is 0. The lowest BCUT2D eigenvalue weighted by molar-refractivity contribution is -0.0835. The van der Waals surface area contributed by atoms with Crippen LogP contribution in [0.3, 0.4) is 0 Å². The minimum atomic E-state index is -0.374. The van der Waals surface area contributed by atoms with E-state index in [1.54, 1.807) is 26.1 Å². The van der Waals surface area contributed by atoms with Gasteiger partial charge in [0.15, 0.2) is 5.96 Å². The Balaban J connectivity index is 0.00000450. The van der Waals surface area contributed by atoms with Crippen LogP contribution in [0.5, 0.6) is 0 Å². The van der Waals surface area contributed by atoms with Gasteiger partial charge >= 0.3 is 0 Å². The molecule has 2 unspecified atom stereocenters. The Bertz CT molecular complexity index is 722. The number of nitrogens with zero attached hydrogens (tertiary/aromatic N) is 1. The summed E-state index contributed by atoms with van der Waals surface area (Å²) in [5, 5.41) is 9.36. The van der Waals surface area contributed by atoms with Crippen molar-refractivity contribution >= 4 is 35.8 Å². The van der Waals surface area contributed by atoms with Gasteiger partial charge in [-0.1, -0.05) is 26.8 Å². The molecule has 0 radical (unpaired) electrons. The number of aliphatic imine (C=N–C) groups is 1.